The van der Waals surface area contributed by atoms with Gasteiger partial charge in [0.2, 0.25) is 0 Å². The molecule has 0 fully saturated rings. The minimum absolute atomic E-state index is 0.0733. The molecule has 0 saturated carbocycles. The van der Waals surface area contributed by atoms with E-state index in [1.807, 2.05) is 18.2 Å². The van der Waals surface area contributed by atoms with Gasteiger partial charge < -0.3 is 5.32 Å². The van der Waals surface area contributed by atoms with Gasteiger partial charge in [0.15, 0.2) is 5.78 Å². The van der Waals surface area contributed by atoms with Crippen molar-refractivity contribution in [1.82, 2.24) is 0 Å². The summed E-state index contributed by atoms with van der Waals surface area (Å²) in [5.74, 6) is 1.21. The molecule has 0 spiro atoms. The summed E-state index contributed by atoms with van der Waals surface area (Å²) in [5, 5.41) is 5.88. The fourth-order valence-corrected chi connectivity index (χ4v) is 4.38. The van der Waals surface area contributed by atoms with Crippen molar-refractivity contribution < 1.29 is 4.79 Å². The molecule has 0 saturated heterocycles. The Kier molecular flexibility index (Phi) is 4.26. The van der Waals surface area contributed by atoms with Crippen LogP contribution >= 0.6 is 11.8 Å². The smallest absolute Gasteiger partial charge is 0.173 e. The quantitative estimate of drug-likeness (QED) is 0.616. The number of ketones is 1. The van der Waals surface area contributed by atoms with Gasteiger partial charge in [-0.15, -0.1) is 11.8 Å². The molecule has 4 rings (SSSR count). The second-order valence-electron chi connectivity index (χ2n) is 6.79. The lowest BCUT2D eigenvalue weighted by atomic mass is 9.99. The lowest BCUT2D eigenvalue weighted by molar-refractivity contribution is 0.102. The molecule has 1 aliphatic rings. The molecule has 3 aromatic carbocycles. The van der Waals surface area contributed by atoms with Gasteiger partial charge in [-0.25, -0.2) is 0 Å². The third-order valence-electron chi connectivity index (χ3n) is 4.78. The highest BCUT2D eigenvalue weighted by Gasteiger charge is 2.22. The molecule has 1 atom stereocenters. The lowest BCUT2D eigenvalue weighted by Crippen LogP contribution is -2.15. The van der Waals surface area contributed by atoms with Gasteiger partial charge in [-0.3, -0.25) is 4.79 Å². The monoisotopic (exact) mass is 347 g/mol. The Hall–Kier alpha value is -2.26. The van der Waals surface area contributed by atoms with Gasteiger partial charge >= 0.3 is 0 Å². The maximum Gasteiger partial charge on any atom is 0.173 e. The molecular weight excluding hydrogens is 326 g/mol. The summed E-state index contributed by atoms with van der Waals surface area (Å²) in [5.41, 5.74) is 4.40. The van der Waals surface area contributed by atoms with Crippen LogP contribution < -0.4 is 5.32 Å². The molecule has 0 radical (unpaired) electrons. The second kappa shape index (κ2) is 6.57. The summed E-state index contributed by atoms with van der Waals surface area (Å²) >= 11 is 1.66. The van der Waals surface area contributed by atoms with Crippen LogP contribution in [-0.2, 0) is 0 Å². The van der Waals surface area contributed by atoms with Crippen molar-refractivity contribution in [1.29, 1.82) is 0 Å². The molecule has 126 valence electrons. The van der Waals surface area contributed by atoms with Crippen LogP contribution in [0.3, 0.4) is 0 Å². The Morgan fingerprint density at radius 1 is 1.00 bits per heavy atom. The maximum absolute atomic E-state index is 12.7. The van der Waals surface area contributed by atoms with Crippen molar-refractivity contribution in [3.8, 4) is 0 Å². The number of nitrogens with one attached hydrogen (secondary N) is 1. The minimum Gasteiger partial charge on any atom is -0.369 e. The summed E-state index contributed by atoms with van der Waals surface area (Å²) in [6.45, 7) is 4.41. The Balaban J connectivity index is 1.77. The first-order valence-electron chi connectivity index (χ1n) is 8.66. The second-order valence-corrected chi connectivity index (χ2v) is 7.88. The third kappa shape index (κ3) is 3.05. The van der Waals surface area contributed by atoms with E-state index in [1.54, 1.807) is 11.8 Å². The van der Waals surface area contributed by atoms with E-state index in [1.165, 1.54) is 11.1 Å². The highest BCUT2D eigenvalue weighted by atomic mass is 32.2. The van der Waals surface area contributed by atoms with E-state index in [0.29, 0.717) is 11.7 Å². The summed E-state index contributed by atoms with van der Waals surface area (Å²) in [6, 6.07) is 20.9. The number of Topliss-reactive ketones (excluding diaryl/α,β-unsaturated/α-hetero) is 1. The molecule has 0 aromatic heterocycles. The van der Waals surface area contributed by atoms with Crippen LogP contribution in [0.5, 0.6) is 0 Å². The molecular formula is C22H21NOS. The highest BCUT2D eigenvalue weighted by Crippen LogP contribution is 2.38. The van der Waals surface area contributed by atoms with Crippen molar-refractivity contribution in [3.63, 3.8) is 0 Å². The zero-order valence-electron chi connectivity index (χ0n) is 14.5. The number of anilines is 1. The Morgan fingerprint density at radius 2 is 1.72 bits per heavy atom. The molecule has 0 bridgehead atoms. The van der Waals surface area contributed by atoms with Crippen LogP contribution in [-0.4, -0.2) is 11.5 Å². The van der Waals surface area contributed by atoms with E-state index in [4.69, 9.17) is 0 Å². The van der Waals surface area contributed by atoms with Crippen molar-refractivity contribution in [2.24, 2.45) is 0 Å². The predicted octanol–water partition coefficient (Wildman–Crippen LogP) is 6.00. The Morgan fingerprint density at radius 3 is 2.44 bits per heavy atom. The van der Waals surface area contributed by atoms with Crippen LogP contribution in [0.15, 0.2) is 60.7 Å². The molecule has 1 aliphatic heterocycles. The first kappa shape index (κ1) is 16.2. The summed E-state index contributed by atoms with van der Waals surface area (Å²) in [6.07, 6.45) is 0. The van der Waals surface area contributed by atoms with Crippen molar-refractivity contribution >= 4 is 34.0 Å². The van der Waals surface area contributed by atoms with Crippen LogP contribution in [0.4, 0.5) is 5.69 Å². The van der Waals surface area contributed by atoms with Crippen molar-refractivity contribution in [2.75, 3.05) is 11.1 Å². The van der Waals surface area contributed by atoms with Crippen LogP contribution in [0.25, 0.3) is 10.8 Å². The van der Waals surface area contributed by atoms with Gasteiger partial charge in [0, 0.05) is 16.6 Å². The van der Waals surface area contributed by atoms with Gasteiger partial charge in [-0.05, 0) is 28.5 Å². The number of hydrogen-bond donors (Lipinski definition) is 1. The normalized spacial score (nSPS) is 17.2. The van der Waals surface area contributed by atoms with E-state index in [9.17, 15) is 4.79 Å². The largest absolute Gasteiger partial charge is 0.369 e. The molecule has 1 heterocycles. The summed E-state index contributed by atoms with van der Waals surface area (Å²) in [4.78, 5) is 12.7. The van der Waals surface area contributed by atoms with Crippen LogP contribution in [0, 0.1) is 0 Å². The molecule has 0 amide bonds. The van der Waals surface area contributed by atoms with E-state index in [2.05, 4.69) is 61.6 Å². The maximum atomic E-state index is 12.7. The number of carbonyl (C=O) groups excluding carboxylic acids is 1. The zero-order valence-corrected chi connectivity index (χ0v) is 15.3. The molecule has 0 aliphatic carbocycles. The van der Waals surface area contributed by atoms with Crippen molar-refractivity contribution in [3.05, 3.63) is 77.4 Å². The number of hydrogen-bond acceptors (Lipinski definition) is 3. The topological polar surface area (TPSA) is 29.1 Å². The lowest BCUT2D eigenvalue weighted by Gasteiger charge is -2.24. The van der Waals surface area contributed by atoms with Crippen molar-refractivity contribution in [2.45, 2.75) is 25.1 Å². The van der Waals surface area contributed by atoms with E-state index in [-0.39, 0.29) is 11.2 Å². The molecule has 1 N–H and O–H groups in total. The average molecular weight is 347 g/mol. The first-order valence-corrected chi connectivity index (χ1v) is 9.71. The standard InChI is InChI=1S/C22H21NOS/c1-14(2)15-9-11-17(12-10-15)22-23-19-8-4-6-16-5-3-7-18(21(16)19)20(24)13-25-22/h3-12,14,22-23H,13H2,1-2H3. The fourth-order valence-electron chi connectivity index (χ4n) is 3.35. The first-order chi connectivity index (χ1) is 12.1. The van der Waals surface area contributed by atoms with E-state index in [0.717, 1.165) is 22.0 Å². The van der Waals surface area contributed by atoms with Crippen LogP contribution in [0.2, 0.25) is 0 Å². The fraction of sp³-hybridized carbons (Fsp3) is 0.227. The molecule has 3 heteroatoms. The highest BCUT2D eigenvalue weighted by molar-refractivity contribution is 8.00. The van der Waals surface area contributed by atoms with E-state index < -0.39 is 0 Å². The average Bonchev–Trinajstić information content (AvgIpc) is 2.63. The van der Waals surface area contributed by atoms with Gasteiger partial charge in [0.1, 0.15) is 0 Å². The summed E-state index contributed by atoms with van der Waals surface area (Å²) in [7, 11) is 0. The van der Waals surface area contributed by atoms with Gasteiger partial charge in [-0.1, -0.05) is 68.4 Å². The molecule has 3 aromatic rings. The van der Waals surface area contributed by atoms with Gasteiger partial charge in [0.25, 0.3) is 0 Å². The number of benzene rings is 3. The zero-order chi connectivity index (χ0) is 17.4. The van der Waals surface area contributed by atoms with Crippen LogP contribution in [0.1, 0.15) is 46.6 Å². The number of rotatable bonds is 2. The summed E-state index contributed by atoms with van der Waals surface area (Å²) < 4.78 is 0. The predicted molar refractivity (Wildman–Crippen MR) is 108 cm³/mol. The van der Waals surface area contributed by atoms with Gasteiger partial charge in [0.05, 0.1) is 11.1 Å². The Bertz CT molecular complexity index is 925. The molecule has 2 nitrogen and oxygen atoms in total. The third-order valence-corrected chi connectivity index (χ3v) is 5.93. The Labute approximate surface area is 152 Å². The number of carbonyl (C=O) groups is 1. The molecule has 1 unspecified atom stereocenters. The van der Waals surface area contributed by atoms with E-state index >= 15 is 0 Å². The number of thioether (sulfide) groups is 1. The SMILES string of the molecule is CC(C)c1ccc(C2Nc3cccc4cccc(c34)C(=O)CS2)cc1. The minimum atomic E-state index is 0.0733. The van der Waals surface area contributed by atoms with Gasteiger partial charge in [-0.2, -0.15) is 0 Å². The molecule has 25 heavy (non-hydrogen) atoms.